The van der Waals surface area contributed by atoms with Crippen LogP contribution in [0.2, 0.25) is 23.9 Å². The first-order valence-electron chi connectivity index (χ1n) is 32.0. The number of para-hydroxylation sites is 1. The zero-order chi connectivity index (χ0) is 64.3. The minimum atomic E-state index is -1.15. The van der Waals surface area contributed by atoms with Crippen molar-refractivity contribution in [3.63, 3.8) is 0 Å². The number of non-ortho nitro benzene ring substituents is 1. The summed E-state index contributed by atoms with van der Waals surface area (Å²) in [7, 11) is 0. The lowest BCUT2D eigenvalue weighted by atomic mass is 9.96. The first-order chi connectivity index (χ1) is 42.7. The summed E-state index contributed by atoms with van der Waals surface area (Å²) in [6.07, 6.45) is 24.1. The van der Waals surface area contributed by atoms with Crippen molar-refractivity contribution < 1.29 is 15.2 Å². The van der Waals surface area contributed by atoms with Crippen LogP contribution in [0.1, 0.15) is 155 Å². The monoisotopic (exact) mass is 1240 g/mol. The molecule has 0 bridgehead atoms. The summed E-state index contributed by atoms with van der Waals surface area (Å²) in [4.78, 5) is 43.5. The van der Waals surface area contributed by atoms with Crippen LogP contribution in [0, 0.1) is 21.4 Å². The molecule has 1 aliphatic carbocycles. The van der Waals surface area contributed by atoms with Gasteiger partial charge in [0.2, 0.25) is 0 Å². The average Bonchev–Trinajstić information content (AvgIpc) is 0.795. The van der Waals surface area contributed by atoms with E-state index in [1.807, 2.05) is 86.1 Å². The van der Waals surface area contributed by atoms with Crippen molar-refractivity contribution in [1.29, 1.82) is 5.41 Å². The standard InChI is InChI=1S/C15H12N2O.C15H16N2.C15H15N2.C9H8N2.C6H5NO2.5C3H7.2Al.H2O/c1-2-13(18)12-8-7-11-6-5-10-4-3-9-16-14(10)15(11)17-12;1-10(2)13-8-7-12-6-5-11-4-3-9-16-14(11)15(12)17-13;1-2-4-13-9-8-12-7-6-11-5-3-10-16-14(11)15(12)17-13;10-8-5-1-3-7-4-2-6-11-9(7)8;8-7(9)6-4-2-1-3-5-6;5*1-3-2;;;/h3-9H,2H2,1H3;3-10,13,17H,1-2H3;3,5-10,13H,2,4H2,1H3;1-4,6,10H,5H2;1-5H;5*3H,1-2H3;;;1H2/q;;-1;;;;;;;;;+1;. The number of carbonyl (C=O) groups excluding carboxylic acids is 1. The van der Waals surface area contributed by atoms with E-state index in [4.69, 9.17) is 10.4 Å². The molecular weight excluding hydrogens is 1140 g/mol. The highest BCUT2D eigenvalue weighted by molar-refractivity contribution is 6.66. The summed E-state index contributed by atoms with van der Waals surface area (Å²) >= 11 is -1.61. The number of nitro groups is 1. The topological polar surface area (TPSA) is 195 Å². The van der Waals surface area contributed by atoms with Crippen LogP contribution in [-0.2, 0) is 0 Å². The van der Waals surface area contributed by atoms with Gasteiger partial charge in [-0.15, -0.1) is 0 Å². The number of hydrogen-bond acceptors (Lipinski definition) is 11. The maximum absolute atomic E-state index is 11.7. The molecule has 7 heterocycles. The van der Waals surface area contributed by atoms with E-state index in [0.29, 0.717) is 42.2 Å². The molecule has 4 aromatic carbocycles. The first kappa shape index (κ1) is 71.3. The number of nitrogens with one attached hydrogen (secondary N) is 2. The highest BCUT2D eigenvalue weighted by Crippen LogP contribution is 2.41. The summed E-state index contributed by atoms with van der Waals surface area (Å²) in [5.74, 6) is 0.642. The lowest BCUT2D eigenvalue weighted by Crippen LogP contribution is -2.50. The van der Waals surface area contributed by atoms with Crippen LogP contribution in [0.4, 0.5) is 17.1 Å². The van der Waals surface area contributed by atoms with E-state index < -0.39 is 33.4 Å². The normalized spacial score (nSPS) is 14.1. The van der Waals surface area contributed by atoms with Crippen LogP contribution in [0.3, 0.4) is 0 Å². The summed E-state index contributed by atoms with van der Waals surface area (Å²) in [5.41, 5.74) is 12.2. The number of hydrogen-bond donors (Lipinski definition) is 2. The van der Waals surface area contributed by atoms with Crippen LogP contribution in [0.15, 0.2) is 170 Å². The molecule has 0 saturated heterocycles. The molecule has 5 aromatic heterocycles. The van der Waals surface area contributed by atoms with E-state index in [2.05, 4.69) is 180 Å². The van der Waals surface area contributed by atoms with Gasteiger partial charge < -0.3 is 20.1 Å². The van der Waals surface area contributed by atoms with Gasteiger partial charge in [-0.2, -0.15) is 0 Å². The maximum Gasteiger partial charge on any atom is 0.420 e. The van der Waals surface area contributed by atoms with Gasteiger partial charge in [-0.05, 0) is 53.8 Å². The Morgan fingerprint density at radius 1 is 0.600 bits per heavy atom. The molecule has 0 saturated carbocycles. The highest BCUT2D eigenvalue weighted by Gasteiger charge is 2.40. The fourth-order valence-electron chi connectivity index (χ4n) is 12.7. The molecule has 4 N–H and O–H groups in total. The SMILES string of the molecule is CC(C)C1C=Cc2ccc3cccnc3c2N1.CCC(=O)c1ccc2ccc3cccnc3c2n1.CCCC1C=Cc2ccc3cccnc3c2[N]1[Al]([CH](C)C)[CH](C)C.C[CH](C)[Al]([CH](C)C)[CH](C)C.N=C1CC=Cc2cccnc21.O.O=[N+]([O-])c1ccccc1. The van der Waals surface area contributed by atoms with Gasteiger partial charge in [0.15, 0.2) is 5.78 Å². The van der Waals surface area contributed by atoms with Gasteiger partial charge in [0.05, 0.1) is 44.1 Å². The van der Waals surface area contributed by atoms with Crippen molar-refractivity contribution in [3.8, 4) is 0 Å². The van der Waals surface area contributed by atoms with Crippen LogP contribution >= 0.6 is 0 Å². The molecule has 90 heavy (non-hydrogen) atoms. The second kappa shape index (κ2) is 34.4. The molecule has 3 aliphatic rings. The number of carbonyl (C=O) groups is 1. The Morgan fingerprint density at radius 2 is 1.12 bits per heavy atom. The summed E-state index contributed by atoms with van der Waals surface area (Å²) in [6.45, 7) is 32.6. The molecule has 2 atom stereocenters. The van der Waals surface area contributed by atoms with Gasteiger partial charge in [0.1, 0.15) is 5.69 Å². The summed E-state index contributed by atoms with van der Waals surface area (Å²) in [6, 6.07) is 41.4. The summed E-state index contributed by atoms with van der Waals surface area (Å²) < 4.78 is 7.22. The fraction of sp³-hybridized carbons (Fsp3) is 0.347. The van der Waals surface area contributed by atoms with Crippen molar-refractivity contribution in [1.82, 2.24) is 24.9 Å². The molecule has 0 amide bonds. The number of Topliss-reactive ketones (excluding diaryl/α,β-unsaturated/α-hetero) is 1. The molecular formula is C75H93Al2N9O4. The van der Waals surface area contributed by atoms with Gasteiger partial charge in [0, 0.05) is 94.6 Å². The number of nitrogens with zero attached hydrogens (tertiary/aromatic N) is 7. The Bertz CT molecular complexity index is 3890. The van der Waals surface area contributed by atoms with E-state index in [-0.39, 0.29) is 16.9 Å². The Morgan fingerprint density at radius 3 is 1.67 bits per heavy atom. The number of benzene rings is 4. The van der Waals surface area contributed by atoms with E-state index in [1.165, 1.54) is 63.8 Å². The highest BCUT2D eigenvalue weighted by atomic mass is 27.2. The molecule has 9 aromatic rings. The quantitative estimate of drug-likeness (QED) is 0.0390. The predicted molar refractivity (Wildman–Crippen MR) is 385 cm³/mol. The van der Waals surface area contributed by atoms with Gasteiger partial charge >= 0.3 is 14.4 Å². The molecule has 12 rings (SSSR count). The second-order valence-electron chi connectivity index (χ2n) is 25.2. The number of aromatic nitrogens is 5. The van der Waals surface area contributed by atoms with Crippen molar-refractivity contribution in [2.75, 3.05) is 9.20 Å². The lowest BCUT2D eigenvalue weighted by Gasteiger charge is -2.44. The largest absolute Gasteiger partial charge is 0.455 e. The maximum atomic E-state index is 11.7. The average molecular weight is 1240 g/mol. The Hall–Kier alpha value is -7.75. The first-order valence-corrected chi connectivity index (χ1v) is 35.8. The van der Waals surface area contributed by atoms with E-state index in [1.54, 1.807) is 36.7 Å². The van der Waals surface area contributed by atoms with E-state index >= 15 is 0 Å². The van der Waals surface area contributed by atoms with Crippen LogP contribution in [0.25, 0.3) is 61.8 Å². The molecule has 15 heteroatoms. The van der Waals surface area contributed by atoms with E-state index in [0.717, 1.165) is 62.5 Å². The van der Waals surface area contributed by atoms with Gasteiger partial charge in [-0.25, -0.2) is 4.98 Å². The van der Waals surface area contributed by atoms with Gasteiger partial charge in [-0.1, -0.05) is 249 Å². The molecule has 0 spiro atoms. The number of nitro benzene ring substituents is 1. The third-order valence-electron chi connectivity index (χ3n) is 16.5. The Kier molecular flexibility index (Phi) is 27.3. The van der Waals surface area contributed by atoms with Crippen molar-refractivity contribution in [2.24, 2.45) is 5.92 Å². The molecule has 13 nitrogen and oxygen atoms in total. The third-order valence-corrected chi connectivity index (χ3v) is 25.2. The molecule has 0 radical (unpaired) electrons. The number of allylic oxidation sites excluding steroid dienone is 1. The number of fused-ring (bicyclic) bond motifs is 10. The molecule has 2 unspecified atom stereocenters. The molecule has 2 aliphatic heterocycles. The predicted octanol–water partition coefficient (Wildman–Crippen LogP) is 19.5. The molecule has 0 fully saturated rings. The lowest BCUT2D eigenvalue weighted by molar-refractivity contribution is -0.384. The fourth-order valence-corrected chi connectivity index (χ4v) is 21.4. The van der Waals surface area contributed by atoms with Crippen molar-refractivity contribution >= 4 is 119 Å². The molecule has 468 valence electrons. The van der Waals surface area contributed by atoms with Crippen LogP contribution in [-0.4, -0.2) is 87.4 Å². The zero-order valence-corrected chi connectivity index (χ0v) is 57.7. The van der Waals surface area contributed by atoms with Gasteiger partial charge in [0.25, 0.3) is 19.8 Å². The Labute approximate surface area is 543 Å². The third kappa shape index (κ3) is 18.5. The van der Waals surface area contributed by atoms with Crippen LogP contribution < -0.4 is 9.20 Å². The minimum absolute atomic E-state index is 0. The number of rotatable bonds is 12. The Balaban J connectivity index is 0.000000177. The second-order valence-corrected chi connectivity index (χ2v) is 34.5. The van der Waals surface area contributed by atoms with E-state index in [9.17, 15) is 14.9 Å². The van der Waals surface area contributed by atoms with Crippen LogP contribution in [0.5, 0.6) is 0 Å². The number of ketones is 1. The van der Waals surface area contributed by atoms with Crippen molar-refractivity contribution in [3.05, 3.63) is 209 Å². The van der Waals surface area contributed by atoms with Crippen molar-refractivity contribution in [2.45, 2.75) is 159 Å². The summed E-state index contributed by atoms with van der Waals surface area (Å²) in [5, 5.41) is 25.6. The smallest absolute Gasteiger partial charge is 0.420 e. The number of pyridine rings is 5. The van der Waals surface area contributed by atoms with Gasteiger partial charge in [-0.3, -0.25) is 34.8 Å². The minimum Gasteiger partial charge on any atom is -0.455 e. The number of anilines is 2. The zero-order valence-electron chi connectivity index (χ0n) is 55.4.